The maximum atomic E-state index is 13.9. The summed E-state index contributed by atoms with van der Waals surface area (Å²) in [7, 11) is 0. The van der Waals surface area contributed by atoms with Crippen LogP contribution in [0.5, 0.6) is 0 Å². The predicted molar refractivity (Wildman–Crippen MR) is 125 cm³/mol. The molecule has 0 bridgehead atoms. The van der Waals surface area contributed by atoms with E-state index in [-0.39, 0.29) is 18.9 Å². The molecule has 2 aliphatic rings. The van der Waals surface area contributed by atoms with E-state index in [1.807, 2.05) is 18.3 Å². The van der Waals surface area contributed by atoms with Crippen LogP contribution in [0.25, 0.3) is 0 Å². The quantitative estimate of drug-likeness (QED) is 0.538. The number of pyridine rings is 1. The van der Waals surface area contributed by atoms with Crippen molar-refractivity contribution in [3.05, 3.63) is 94.0 Å². The highest BCUT2D eigenvalue weighted by Crippen LogP contribution is 2.39. The van der Waals surface area contributed by atoms with E-state index in [0.29, 0.717) is 22.4 Å². The zero-order chi connectivity index (χ0) is 22.1. The molecule has 0 spiro atoms. The molecule has 2 aromatic carbocycles. The Balaban J connectivity index is 1.41. The highest BCUT2D eigenvalue weighted by Gasteiger charge is 2.25. The fourth-order valence-electron chi connectivity index (χ4n) is 4.17. The molecule has 5 rings (SSSR count). The molecule has 1 aliphatic carbocycles. The van der Waals surface area contributed by atoms with Gasteiger partial charge in [-0.25, -0.2) is 4.39 Å². The van der Waals surface area contributed by atoms with Crippen molar-refractivity contribution >= 4 is 23.2 Å². The van der Waals surface area contributed by atoms with Gasteiger partial charge in [-0.15, -0.1) is 0 Å². The van der Waals surface area contributed by atoms with Gasteiger partial charge in [0.1, 0.15) is 5.82 Å². The summed E-state index contributed by atoms with van der Waals surface area (Å²) in [6.45, 7) is 2.21. The maximum Gasteiger partial charge on any atom is 0.231 e. The van der Waals surface area contributed by atoms with Crippen molar-refractivity contribution in [2.24, 2.45) is 0 Å². The molecule has 2 fully saturated rings. The van der Waals surface area contributed by atoms with Crippen LogP contribution in [0.1, 0.15) is 46.9 Å². The van der Waals surface area contributed by atoms with Crippen LogP contribution < -0.4 is 10.2 Å². The third-order valence-corrected chi connectivity index (χ3v) is 6.46. The molecule has 164 valence electrons. The van der Waals surface area contributed by atoms with Crippen LogP contribution in [-0.2, 0) is 17.8 Å². The summed E-state index contributed by atoms with van der Waals surface area (Å²) in [4.78, 5) is 19.5. The van der Waals surface area contributed by atoms with Crippen molar-refractivity contribution in [1.29, 1.82) is 0 Å². The van der Waals surface area contributed by atoms with Crippen LogP contribution >= 0.6 is 11.6 Å². The van der Waals surface area contributed by atoms with Gasteiger partial charge in [-0.05, 0) is 71.3 Å². The van der Waals surface area contributed by atoms with Gasteiger partial charge in [0.15, 0.2) is 0 Å². The first-order valence-electron chi connectivity index (χ1n) is 11.0. The zero-order valence-corrected chi connectivity index (χ0v) is 18.5. The smallest absolute Gasteiger partial charge is 0.231 e. The van der Waals surface area contributed by atoms with Crippen molar-refractivity contribution in [2.45, 2.75) is 37.6 Å². The molecule has 3 aromatic rings. The predicted octanol–water partition coefficient (Wildman–Crippen LogP) is 5.21. The number of carbonyl (C=O) groups is 1. The van der Waals surface area contributed by atoms with Gasteiger partial charge in [-0.2, -0.15) is 0 Å². The molecule has 1 saturated carbocycles. The first-order chi connectivity index (χ1) is 15.5. The van der Waals surface area contributed by atoms with E-state index in [2.05, 4.69) is 28.5 Å². The molecule has 0 unspecified atom stereocenters. The Labute approximate surface area is 192 Å². The number of anilines is 1. The molecule has 1 aromatic heterocycles. The second-order valence-corrected chi connectivity index (χ2v) is 9.22. The van der Waals surface area contributed by atoms with Crippen LogP contribution in [0.2, 0.25) is 5.02 Å². The number of amides is 1. The lowest BCUT2D eigenvalue weighted by Crippen LogP contribution is -2.39. The molecule has 0 atom stereocenters. The van der Waals surface area contributed by atoms with Gasteiger partial charge < -0.3 is 10.2 Å². The van der Waals surface area contributed by atoms with Crippen LogP contribution in [0, 0.1) is 5.82 Å². The van der Waals surface area contributed by atoms with E-state index in [1.54, 1.807) is 17.2 Å². The Morgan fingerprint density at radius 3 is 2.44 bits per heavy atom. The Kier molecular flexibility index (Phi) is 5.94. The fourth-order valence-corrected chi connectivity index (χ4v) is 4.42. The second-order valence-electron chi connectivity index (χ2n) is 8.78. The van der Waals surface area contributed by atoms with E-state index in [4.69, 9.17) is 11.6 Å². The number of halogens is 2. The molecule has 6 heteroatoms. The van der Waals surface area contributed by atoms with Crippen LogP contribution in [0.3, 0.4) is 0 Å². The molecular formula is C26H25ClFN3O. The normalized spacial score (nSPS) is 15.9. The first-order valence-corrected chi connectivity index (χ1v) is 11.4. The Hall–Kier alpha value is -2.76. The van der Waals surface area contributed by atoms with E-state index in [0.717, 1.165) is 24.3 Å². The standard InChI is InChI=1S/C26H25ClFN3O/c27-23-8-18(9-24(28)11-23)16-31(25-5-3-20(4-6-25)22-14-30-15-22)26(32)10-17-7-21(13-29-12-17)19-1-2-19/h3-9,11-13,19,22,30H,1-2,10,14-16H2. The number of hydrogen-bond acceptors (Lipinski definition) is 3. The van der Waals surface area contributed by atoms with Crippen LogP contribution in [-0.4, -0.2) is 24.0 Å². The molecule has 4 nitrogen and oxygen atoms in total. The van der Waals surface area contributed by atoms with Gasteiger partial charge in [-0.1, -0.05) is 29.8 Å². The number of nitrogens with one attached hydrogen (secondary N) is 1. The monoisotopic (exact) mass is 449 g/mol. The number of benzene rings is 2. The van der Waals surface area contributed by atoms with Gasteiger partial charge in [-0.3, -0.25) is 9.78 Å². The molecular weight excluding hydrogens is 425 g/mol. The minimum absolute atomic E-state index is 0.0572. The Bertz CT molecular complexity index is 1110. The molecule has 1 saturated heterocycles. The molecule has 1 aliphatic heterocycles. The Morgan fingerprint density at radius 2 is 1.78 bits per heavy atom. The number of aromatic nitrogens is 1. The van der Waals surface area contributed by atoms with Gasteiger partial charge in [0, 0.05) is 42.1 Å². The van der Waals surface area contributed by atoms with Crippen LogP contribution in [0.4, 0.5) is 10.1 Å². The maximum absolute atomic E-state index is 13.9. The van der Waals surface area contributed by atoms with E-state index >= 15 is 0 Å². The molecule has 0 radical (unpaired) electrons. The van der Waals surface area contributed by atoms with E-state index in [9.17, 15) is 9.18 Å². The fraction of sp³-hybridized carbons (Fsp3) is 0.308. The minimum Gasteiger partial charge on any atom is -0.315 e. The summed E-state index contributed by atoms with van der Waals surface area (Å²) in [5.41, 5.74) is 4.81. The van der Waals surface area contributed by atoms with Crippen molar-refractivity contribution in [3.8, 4) is 0 Å². The van der Waals surface area contributed by atoms with Crippen molar-refractivity contribution in [2.75, 3.05) is 18.0 Å². The lowest BCUT2D eigenvalue weighted by molar-refractivity contribution is -0.118. The summed E-state index contributed by atoms with van der Waals surface area (Å²) in [5, 5.41) is 3.61. The average molecular weight is 450 g/mol. The average Bonchev–Trinajstić information content (AvgIpc) is 3.56. The largest absolute Gasteiger partial charge is 0.315 e. The summed E-state index contributed by atoms with van der Waals surface area (Å²) in [6, 6.07) is 14.6. The number of nitrogens with zero attached hydrogens (tertiary/aromatic N) is 2. The summed E-state index contributed by atoms with van der Waals surface area (Å²) in [5.74, 6) is 0.635. The molecule has 1 amide bonds. The molecule has 1 N–H and O–H groups in total. The third-order valence-electron chi connectivity index (χ3n) is 6.24. The number of rotatable bonds is 7. The first kappa shape index (κ1) is 21.1. The van der Waals surface area contributed by atoms with Gasteiger partial charge >= 0.3 is 0 Å². The van der Waals surface area contributed by atoms with Gasteiger partial charge in [0.25, 0.3) is 0 Å². The highest BCUT2D eigenvalue weighted by molar-refractivity contribution is 6.30. The Morgan fingerprint density at radius 1 is 1.00 bits per heavy atom. The number of hydrogen-bond donors (Lipinski definition) is 1. The van der Waals surface area contributed by atoms with Gasteiger partial charge in [0.2, 0.25) is 5.91 Å². The van der Waals surface area contributed by atoms with E-state index < -0.39 is 5.82 Å². The number of carbonyl (C=O) groups excluding carboxylic acids is 1. The van der Waals surface area contributed by atoms with Gasteiger partial charge in [0.05, 0.1) is 13.0 Å². The summed E-state index contributed by atoms with van der Waals surface area (Å²) < 4.78 is 13.9. The topological polar surface area (TPSA) is 45.2 Å². The lowest BCUT2D eigenvalue weighted by atomic mass is 9.93. The zero-order valence-electron chi connectivity index (χ0n) is 17.7. The third kappa shape index (κ3) is 4.84. The second kappa shape index (κ2) is 9.00. The highest BCUT2D eigenvalue weighted by atomic mass is 35.5. The lowest BCUT2D eigenvalue weighted by Gasteiger charge is -2.28. The minimum atomic E-state index is -0.408. The summed E-state index contributed by atoms with van der Waals surface area (Å²) in [6.07, 6.45) is 6.27. The van der Waals surface area contributed by atoms with Crippen LogP contribution in [0.15, 0.2) is 60.9 Å². The van der Waals surface area contributed by atoms with Crippen molar-refractivity contribution in [3.63, 3.8) is 0 Å². The van der Waals surface area contributed by atoms with Crippen molar-refractivity contribution in [1.82, 2.24) is 10.3 Å². The van der Waals surface area contributed by atoms with E-state index in [1.165, 1.54) is 36.1 Å². The molecule has 32 heavy (non-hydrogen) atoms. The summed E-state index contributed by atoms with van der Waals surface area (Å²) >= 11 is 6.06. The molecule has 2 heterocycles. The SMILES string of the molecule is O=C(Cc1cncc(C2CC2)c1)N(Cc1cc(F)cc(Cl)c1)c1ccc(C2CNC2)cc1. The van der Waals surface area contributed by atoms with Crippen molar-refractivity contribution < 1.29 is 9.18 Å².